The third-order valence-electron chi connectivity index (χ3n) is 5.93. The summed E-state index contributed by atoms with van der Waals surface area (Å²) in [5.74, 6) is -0.473. The van der Waals surface area contributed by atoms with Gasteiger partial charge in [0.05, 0.1) is 17.6 Å². The Hall–Kier alpha value is -4.25. The zero-order chi connectivity index (χ0) is 27.2. The summed E-state index contributed by atoms with van der Waals surface area (Å²) in [4.78, 5) is 29.8. The highest BCUT2D eigenvalue weighted by molar-refractivity contribution is 7.87. The Kier molecular flexibility index (Phi) is 6.18. The van der Waals surface area contributed by atoms with Crippen molar-refractivity contribution in [1.29, 1.82) is 0 Å². The second-order valence-electron chi connectivity index (χ2n) is 9.93. The van der Waals surface area contributed by atoms with Crippen molar-refractivity contribution < 1.29 is 26.9 Å². The van der Waals surface area contributed by atoms with Crippen LogP contribution >= 0.6 is 0 Å². The van der Waals surface area contributed by atoms with Gasteiger partial charge in [0.15, 0.2) is 11.5 Å². The molecule has 0 spiro atoms. The molecule has 0 fully saturated rings. The summed E-state index contributed by atoms with van der Waals surface area (Å²) >= 11 is 0. The SMILES string of the molecule is Cc1ccc(S(=O)(=O)Oc2ccc3c4c(nn3CCNC(=O)OC(C)(C)C)-c3cnccc3C(=O)c24)cc1. The van der Waals surface area contributed by atoms with E-state index in [9.17, 15) is 18.0 Å². The molecule has 0 atom stereocenters. The van der Waals surface area contributed by atoms with Crippen LogP contribution < -0.4 is 9.50 Å². The second-order valence-corrected chi connectivity index (χ2v) is 11.5. The van der Waals surface area contributed by atoms with Crippen molar-refractivity contribution in [1.82, 2.24) is 20.1 Å². The van der Waals surface area contributed by atoms with Gasteiger partial charge in [-0.1, -0.05) is 17.7 Å². The van der Waals surface area contributed by atoms with E-state index in [1.807, 2.05) is 6.92 Å². The highest BCUT2D eigenvalue weighted by Crippen LogP contribution is 2.42. The molecule has 2 aromatic heterocycles. The predicted molar refractivity (Wildman–Crippen MR) is 140 cm³/mol. The molecule has 5 rings (SSSR count). The molecule has 0 unspecified atom stereocenters. The predicted octanol–water partition coefficient (Wildman–Crippen LogP) is 4.24. The molecular formula is C27H26N4O6S. The monoisotopic (exact) mass is 534 g/mol. The van der Waals surface area contributed by atoms with Crippen molar-refractivity contribution in [2.24, 2.45) is 0 Å². The van der Waals surface area contributed by atoms with E-state index in [2.05, 4.69) is 10.3 Å². The van der Waals surface area contributed by atoms with Crippen molar-refractivity contribution in [3.05, 3.63) is 71.5 Å². The van der Waals surface area contributed by atoms with Crippen LogP contribution in [0.2, 0.25) is 0 Å². The van der Waals surface area contributed by atoms with Gasteiger partial charge in [0, 0.05) is 35.5 Å². The van der Waals surface area contributed by atoms with Gasteiger partial charge < -0.3 is 14.2 Å². The summed E-state index contributed by atoms with van der Waals surface area (Å²) in [5, 5.41) is 7.86. The molecule has 2 heterocycles. The van der Waals surface area contributed by atoms with E-state index in [1.165, 1.54) is 24.4 Å². The molecule has 1 amide bonds. The number of aromatic nitrogens is 3. The average Bonchev–Trinajstić information content (AvgIpc) is 3.21. The number of ketones is 1. The molecule has 0 radical (unpaired) electrons. The van der Waals surface area contributed by atoms with Gasteiger partial charge in [-0.25, -0.2) is 4.79 Å². The van der Waals surface area contributed by atoms with E-state index < -0.39 is 21.8 Å². The fourth-order valence-electron chi connectivity index (χ4n) is 4.27. The molecule has 1 N–H and O–H groups in total. The van der Waals surface area contributed by atoms with Crippen LogP contribution in [-0.4, -0.2) is 47.2 Å². The van der Waals surface area contributed by atoms with Crippen LogP contribution in [0.4, 0.5) is 4.79 Å². The largest absolute Gasteiger partial charge is 0.444 e. The number of carbonyl (C=O) groups is 2. The Morgan fingerprint density at radius 2 is 1.79 bits per heavy atom. The van der Waals surface area contributed by atoms with Crippen LogP contribution in [0.25, 0.3) is 22.2 Å². The van der Waals surface area contributed by atoms with Crippen molar-refractivity contribution in [3.8, 4) is 17.0 Å². The van der Waals surface area contributed by atoms with Gasteiger partial charge in [-0.05, 0) is 58.0 Å². The molecular weight excluding hydrogens is 508 g/mol. The molecule has 1 aliphatic rings. The summed E-state index contributed by atoms with van der Waals surface area (Å²) in [6.07, 6.45) is 2.49. The molecule has 196 valence electrons. The third kappa shape index (κ3) is 4.72. The van der Waals surface area contributed by atoms with Crippen molar-refractivity contribution in [3.63, 3.8) is 0 Å². The molecule has 0 bridgehead atoms. The number of aryl methyl sites for hydroxylation is 1. The van der Waals surface area contributed by atoms with Crippen LogP contribution in [0.1, 0.15) is 42.3 Å². The lowest BCUT2D eigenvalue weighted by Gasteiger charge is -2.19. The number of benzene rings is 2. The number of rotatable bonds is 6. The van der Waals surface area contributed by atoms with Gasteiger partial charge in [-0.2, -0.15) is 13.5 Å². The Balaban J connectivity index is 1.55. The number of carbonyl (C=O) groups excluding carboxylic acids is 2. The second kappa shape index (κ2) is 9.25. The number of fused-ring (bicyclic) bond motifs is 2. The number of nitrogens with one attached hydrogen (secondary N) is 1. The van der Waals surface area contributed by atoms with E-state index in [0.29, 0.717) is 27.7 Å². The summed E-state index contributed by atoms with van der Waals surface area (Å²) in [6, 6.07) is 10.9. The molecule has 0 saturated heterocycles. The number of amides is 1. The average molecular weight is 535 g/mol. The Morgan fingerprint density at radius 1 is 1.05 bits per heavy atom. The molecule has 4 aromatic rings. The zero-order valence-electron chi connectivity index (χ0n) is 21.3. The van der Waals surface area contributed by atoms with Crippen molar-refractivity contribution in [2.45, 2.75) is 44.7 Å². The molecule has 1 aliphatic carbocycles. The zero-order valence-corrected chi connectivity index (χ0v) is 22.1. The van der Waals surface area contributed by atoms with Crippen molar-refractivity contribution >= 4 is 32.9 Å². The summed E-state index contributed by atoms with van der Waals surface area (Å²) in [5.41, 5.74) is 2.33. The number of nitrogens with zero attached hydrogens (tertiary/aromatic N) is 3. The first-order valence-electron chi connectivity index (χ1n) is 12.0. The minimum Gasteiger partial charge on any atom is -0.444 e. The van der Waals surface area contributed by atoms with E-state index in [4.69, 9.17) is 14.0 Å². The van der Waals surface area contributed by atoms with E-state index >= 15 is 0 Å². The van der Waals surface area contributed by atoms with Crippen LogP contribution in [0.5, 0.6) is 5.75 Å². The van der Waals surface area contributed by atoms with E-state index in [0.717, 1.165) is 5.56 Å². The van der Waals surface area contributed by atoms with Gasteiger partial charge in [0.2, 0.25) is 0 Å². The number of alkyl carbamates (subject to hydrolysis) is 1. The lowest BCUT2D eigenvalue weighted by atomic mass is 9.88. The van der Waals surface area contributed by atoms with Gasteiger partial charge >= 0.3 is 16.2 Å². The topological polar surface area (TPSA) is 129 Å². The molecule has 10 nitrogen and oxygen atoms in total. The summed E-state index contributed by atoms with van der Waals surface area (Å²) in [6.45, 7) is 7.67. The number of hydrogen-bond acceptors (Lipinski definition) is 8. The highest BCUT2D eigenvalue weighted by Gasteiger charge is 2.33. The van der Waals surface area contributed by atoms with E-state index in [-0.39, 0.29) is 35.1 Å². The maximum absolute atomic E-state index is 13.6. The van der Waals surface area contributed by atoms with Gasteiger partial charge in [0.25, 0.3) is 0 Å². The minimum absolute atomic E-state index is 0.0209. The lowest BCUT2D eigenvalue weighted by Crippen LogP contribution is -2.34. The molecule has 0 aliphatic heterocycles. The summed E-state index contributed by atoms with van der Waals surface area (Å²) < 4.78 is 38.6. The van der Waals surface area contributed by atoms with Crippen molar-refractivity contribution in [2.75, 3.05) is 6.54 Å². The maximum Gasteiger partial charge on any atom is 0.407 e. The third-order valence-corrected chi connectivity index (χ3v) is 7.18. The fraction of sp³-hybridized carbons (Fsp3) is 0.259. The lowest BCUT2D eigenvalue weighted by molar-refractivity contribution is 0.0525. The minimum atomic E-state index is -4.21. The quantitative estimate of drug-likeness (QED) is 0.320. The van der Waals surface area contributed by atoms with Crippen LogP contribution in [0.15, 0.2) is 59.8 Å². The number of hydrogen-bond donors (Lipinski definition) is 1. The van der Waals surface area contributed by atoms with E-state index in [1.54, 1.807) is 55.9 Å². The fourth-order valence-corrected chi connectivity index (χ4v) is 5.21. The molecule has 0 saturated carbocycles. The smallest absolute Gasteiger partial charge is 0.407 e. The standard InChI is InChI=1S/C27H26N4O6S/c1-16-5-7-17(8-6-16)38(34,35)37-21-10-9-20-22-23(21)25(32)18-11-12-28-15-19(18)24(22)30-31(20)14-13-29-26(33)36-27(2,3)4/h5-12,15H,13-14H2,1-4H3,(H,29,33). The first kappa shape index (κ1) is 25.4. The molecule has 11 heteroatoms. The van der Waals surface area contributed by atoms with Gasteiger partial charge in [0.1, 0.15) is 16.2 Å². The Bertz CT molecular complexity index is 1690. The maximum atomic E-state index is 13.6. The Morgan fingerprint density at radius 3 is 2.50 bits per heavy atom. The number of ether oxygens (including phenoxy) is 1. The normalized spacial score (nSPS) is 12.8. The first-order valence-corrected chi connectivity index (χ1v) is 13.4. The first-order chi connectivity index (χ1) is 17.9. The highest BCUT2D eigenvalue weighted by atomic mass is 32.2. The molecule has 2 aromatic carbocycles. The van der Waals surface area contributed by atoms with Crippen LogP contribution in [0, 0.1) is 6.92 Å². The van der Waals surface area contributed by atoms with Crippen LogP contribution in [-0.2, 0) is 21.4 Å². The number of pyridine rings is 1. The van der Waals surface area contributed by atoms with Gasteiger partial charge in [-0.15, -0.1) is 0 Å². The molecule has 38 heavy (non-hydrogen) atoms. The summed E-state index contributed by atoms with van der Waals surface area (Å²) in [7, 11) is -4.21. The Labute approximate surface area is 219 Å². The van der Waals surface area contributed by atoms with Gasteiger partial charge in [-0.3, -0.25) is 14.5 Å². The van der Waals surface area contributed by atoms with Crippen LogP contribution in [0.3, 0.4) is 0 Å².